The molecule has 25 nitrogen and oxygen atoms in total. The summed E-state index contributed by atoms with van der Waals surface area (Å²) in [5.41, 5.74) is 3.40. The monoisotopic (exact) mass is 1180 g/mol. The van der Waals surface area contributed by atoms with Crippen LogP contribution in [0, 0.1) is 0 Å². The normalized spacial score (nSPS) is 12.1. The minimum absolute atomic E-state index is 0. The van der Waals surface area contributed by atoms with Gasteiger partial charge in [-0.15, -0.1) is 0 Å². The van der Waals surface area contributed by atoms with Crippen molar-refractivity contribution in [1.29, 1.82) is 0 Å². The number of benzene rings is 5. The maximum absolute atomic E-state index is 14.6. The molecule has 365 valence electrons. The fourth-order valence-corrected chi connectivity index (χ4v) is 11.5. The SMILES string of the molecule is Nc1nc(Cl)nc(Nc2cccc(NS(=O)(=O)c3cccc4c3-c3nc-4nc4[n-]c(nc5nc(nc6[n-]c(n3)c3c(S(=O)(=O)[O-])cccc63)-c3c-5cccc3S(=O)(=O)[O-])c3cccc(S(=O)(=O)[O-])c43)c2)n1.[Cu+2].[Na+].[Na+].[Na+]. The largest absolute Gasteiger partial charge is 2.00 e. The number of nitrogens with one attached hydrogen (secondary N) is 2. The maximum Gasteiger partial charge on any atom is 2.00 e. The molecule has 75 heavy (non-hydrogen) atoms. The van der Waals surface area contributed by atoms with Gasteiger partial charge in [-0.25, -0.2) is 43.6 Å². The summed E-state index contributed by atoms with van der Waals surface area (Å²) in [5.74, 6) is -1.94. The number of rotatable bonds is 8. The van der Waals surface area contributed by atoms with Gasteiger partial charge in [-0.2, -0.15) is 15.0 Å². The summed E-state index contributed by atoms with van der Waals surface area (Å²) in [6.07, 6.45) is 0. The smallest absolute Gasteiger partial charge is 0.744 e. The maximum atomic E-state index is 14.6. The third-order valence-electron chi connectivity index (χ3n) is 10.8. The van der Waals surface area contributed by atoms with Gasteiger partial charge in [0.25, 0.3) is 10.0 Å². The Bertz CT molecular complexity index is 4530. The van der Waals surface area contributed by atoms with E-state index in [2.05, 4.69) is 64.9 Å². The van der Waals surface area contributed by atoms with Crippen molar-refractivity contribution in [2.45, 2.75) is 19.6 Å². The molecule has 0 atom stereocenters. The van der Waals surface area contributed by atoms with Crippen LogP contribution in [0.4, 0.5) is 23.3 Å². The number of halogens is 1. The summed E-state index contributed by atoms with van der Waals surface area (Å²) >= 11 is 5.92. The van der Waals surface area contributed by atoms with E-state index in [9.17, 15) is 47.3 Å². The van der Waals surface area contributed by atoms with Crippen molar-refractivity contribution < 1.29 is 153 Å². The Kier molecular flexibility index (Phi) is 16.5. The molecule has 1 radical (unpaired) electrons. The van der Waals surface area contributed by atoms with Crippen LogP contribution in [0.3, 0.4) is 0 Å². The van der Waals surface area contributed by atoms with Crippen LogP contribution in [-0.4, -0.2) is 92.2 Å². The van der Waals surface area contributed by atoms with E-state index in [-0.39, 0.29) is 190 Å². The fourth-order valence-electron chi connectivity index (χ4n) is 7.99. The number of nitrogens with zero attached hydrogens (tertiary/aromatic N) is 11. The minimum atomic E-state index is -5.36. The Balaban J connectivity index is 0.00000205. The molecule has 9 aromatic rings. The summed E-state index contributed by atoms with van der Waals surface area (Å²) in [6, 6.07) is 20.4. The average molecular weight is 1180 g/mol. The van der Waals surface area contributed by atoms with Gasteiger partial charge in [0, 0.05) is 61.3 Å². The number of fused-ring (bicyclic) bond motifs is 20. The zero-order valence-electron chi connectivity index (χ0n) is 38.0. The van der Waals surface area contributed by atoms with Crippen molar-refractivity contribution in [3.05, 3.63) is 102 Å². The summed E-state index contributed by atoms with van der Waals surface area (Å²) in [6.45, 7) is 0. The van der Waals surface area contributed by atoms with Crippen molar-refractivity contribution in [3.8, 4) is 45.6 Å². The Morgan fingerprint density at radius 2 is 0.907 bits per heavy atom. The Hall–Kier alpha value is -4.64. The van der Waals surface area contributed by atoms with Crippen molar-refractivity contribution >= 4 is 119 Å². The van der Waals surface area contributed by atoms with Gasteiger partial charge in [0.15, 0.2) is 0 Å². The first-order chi connectivity index (χ1) is 33.6. The Labute approximate surface area is 504 Å². The van der Waals surface area contributed by atoms with E-state index in [0.29, 0.717) is 0 Å². The number of nitrogens with two attached hydrogens (primary N) is 1. The van der Waals surface area contributed by atoms with Crippen molar-refractivity contribution in [1.82, 2.24) is 54.8 Å². The first-order valence-corrected chi connectivity index (χ1v) is 25.9. The molecule has 0 unspecified atom stereocenters. The Morgan fingerprint density at radius 1 is 0.480 bits per heavy atom. The number of anilines is 4. The molecule has 11 rings (SSSR count). The molecule has 0 saturated carbocycles. The van der Waals surface area contributed by atoms with Gasteiger partial charge in [0.1, 0.15) is 30.4 Å². The number of aromatic nitrogens is 11. The third kappa shape index (κ3) is 10.8. The Morgan fingerprint density at radius 3 is 1.43 bits per heavy atom. The molecule has 6 heterocycles. The van der Waals surface area contributed by atoms with E-state index >= 15 is 0 Å². The zero-order chi connectivity index (χ0) is 49.9. The molecule has 0 spiro atoms. The summed E-state index contributed by atoms with van der Waals surface area (Å²) in [5, 5.41) is 1.62. The summed E-state index contributed by atoms with van der Waals surface area (Å²) in [4.78, 5) is 44.7. The number of nitrogen functional groups attached to an aromatic ring is 1. The van der Waals surface area contributed by atoms with Crippen LogP contribution in [0.5, 0.6) is 0 Å². The number of hydrogen-bond donors (Lipinski definition) is 3. The van der Waals surface area contributed by atoms with Crippen LogP contribution in [0.25, 0.3) is 89.7 Å². The molecule has 0 aliphatic carbocycles. The van der Waals surface area contributed by atoms with E-state index in [0.717, 1.165) is 18.2 Å². The molecule has 0 amide bonds. The number of hydrogen-bond acceptors (Lipinski definition) is 22. The second-order valence-corrected chi connectivity index (χ2v) is 21.2. The second kappa shape index (κ2) is 21.3. The molecular formula is C41H20ClCuN14Na3O11S4. The molecule has 4 N–H and O–H groups in total. The summed E-state index contributed by atoms with van der Waals surface area (Å²) < 4.78 is 147. The first kappa shape index (κ1) is 58.1. The first-order valence-electron chi connectivity index (χ1n) is 19.8. The molecule has 34 heteroatoms. The van der Waals surface area contributed by atoms with Crippen LogP contribution in [0.15, 0.2) is 117 Å². The number of sulfonamides is 1. The van der Waals surface area contributed by atoms with E-state index in [1.165, 1.54) is 72.8 Å². The van der Waals surface area contributed by atoms with Gasteiger partial charge in [0.2, 0.25) is 17.2 Å². The van der Waals surface area contributed by atoms with Crippen molar-refractivity contribution in [2.75, 3.05) is 15.8 Å². The summed E-state index contributed by atoms with van der Waals surface area (Å²) in [7, 11) is -20.7. The van der Waals surface area contributed by atoms with Gasteiger partial charge in [-0.1, -0.05) is 54.6 Å². The van der Waals surface area contributed by atoms with E-state index in [1.807, 2.05) is 0 Å². The quantitative estimate of drug-likeness (QED) is 0.0945. The van der Waals surface area contributed by atoms with Gasteiger partial charge < -0.3 is 54.6 Å². The molecule has 2 aliphatic rings. The van der Waals surface area contributed by atoms with E-state index in [1.54, 1.807) is 6.07 Å². The van der Waals surface area contributed by atoms with Gasteiger partial charge in [-0.05, 0) is 64.8 Å². The van der Waals surface area contributed by atoms with Crippen molar-refractivity contribution in [3.63, 3.8) is 0 Å². The van der Waals surface area contributed by atoms with Crippen LogP contribution in [0.2, 0.25) is 5.28 Å². The van der Waals surface area contributed by atoms with E-state index < -0.39 is 93.9 Å². The molecule has 4 aromatic heterocycles. The molecule has 0 saturated heterocycles. The van der Waals surface area contributed by atoms with Crippen LogP contribution < -0.4 is 114 Å². The van der Waals surface area contributed by atoms with Gasteiger partial charge in [0.05, 0.1) is 48.6 Å². The predicted octanol–water partition coefficient (Wildman–Crippen LogP) is -5.19. The fraction of sp³-hybridized carbons (Fsp3) is 0. The molecule has 5 aromatic carbocycles. The predicted molar refractivity (Wildman–Crippen MR) is 248 cm³/mol. The molecule has 8 bridgehead atoms. The van der Waals surface area contributed by atoms with Crippen LogP contribution in [-0.2, 0) is 57.4 Å². The molecule has 2 aliphatic heterocycles. The third-order valence-corrected chi connectivity index (χ3v) is 15.0. The zero-order valence-corrected chi connectivity index (χ0v) is 49.0. The minimum Gasteiger partial charge on any atom is -0.744 e. The molecule has 0 fully saturated rings. The van der Waals surface area contributed by atoms with Crippen LogP contribution >= 0.6 is 11.6 Å². The van der Waals surface area contributed by atoms with Gasteiger partial charge >= 0.3 is 106 Å². The van der Waals surface area contributed by atoms with Crippen LogP contribution in [0.1, 0.15) is 0 Å². The second-order valence-electron chi connectivity index (χ2n) is 15.2. The standard InChI is InChI=1S/C41H23ClN14O11S4.Cu.3Na/c42-39-53-40(43)55-41(54-39)44-17-6-1-7-18(16-17)56-68(57,58)23-12-2-8-19-27(23)35-48-33(19)49-36-28-20(9-3-13-24(28)69(59,60)61)31(46-36)45-32-21-10-4-14-25(70(62,63)64)29(21)37(47-32)50-34-22-11-5-15-26(71(65,66)67)30(22)38(51-34)52-35;;;;/h1-16,56H,(H6-2,43,44,45,46,47,48,49,50,51,52,53,54,55,59,60,61,62,63,64,65,66,67);;;;/q-2;+2;3*+1/p-3. The topological polar surface area (TPSA) is 400 Å². The average Bonchev–Trinajstić information content (AvgIpc) is 4.03. The molecular weight excluding hydrogens is 1160 g/mol. The van der Waals surface area contributed by atoms with E-state index in [4.69, 9.17) is 17.3 Å². The van der Waals surface area contributed by atoms with Gasteiger partial charge in [-0.3, -0.25) is 4.72 Å². The van der Waals surface area contributed by atoms with Crippen molar-refractivity contribution in [2.24, 2.45) is 0 Å².